The highest BCUT2D eigenvalue weighted by atomic mass is 32.1. The molecule has 4 heterocycles. The van der Waals surface area contributed by atoms with Gasteiger partial charge in [-0.15, -0.1) is 11.3 Å². The summed E-state index contributed by atoms with van der Waals surface area (Å²) in [6.07, 6.45) is 5.33. The molecule has 3 aromatic heterocycles. The molecule has 7 nitrogen and oxygen atoms in total. The number of amides is 1. The SMILES string of the molecule is CCc1csc(CNC(=O)c2ccc(N3CCc4[nH]ncc4C3)nc2)n1. The lowest BCUT2D eigenvalue weighted by molar-refractivity contribution is 0.0950. The number of hydrogen-bond donors (Lipinski definition) is 2. The van der Waals surface area contributed by atoms with Crippen LogP contribution in [0.3, 0.4) is 0 Å². The number of pyridine rings is 1. The number of hydrogen-bond acceptors (Lipinski definition) is 6. The van der Waals surface area contributed by atoms with Crippen molar-refractivity contribution in [1.82, 2.24) is 25.5 Å². The van der Waals surface area contributed by atoms with Crippen molar-refractivity contribution in [2.24, 2.45) is 0 Å². The molecule has 26 heavy (non-hydrogen) atoms. The number of rotatable bonds is 5. The van der Waals surface area contributed by atoms with E-state index in [4.69, 9.17) is 0 Å². The summed E-state index contributed by atoms with van der Waals surface area (Å²) in [6, 6.07) is 3.72. The van der Waals surface area contributed by atoms with Crippen LogP contribution in [0.25, 0.3) is 0 Å². The first-order valence-corrected chi connectivity index (χ1v) is 9.54. The normalized spacial score (nSPS) is 13.5. The first-order chi connectivity index (χ1) is 12.7. The van der Waals surface area contributed by atoms with Crippen LogP contribution in [0.1, 0.15) is 39.2 Å². The van der Waals surface area contributed by atoms with Gasteiger partial charge >= 0.3 is 0 Å². The van der Waals surface area contributed by atoms with Crippen LogP contribution in [-0.4, -0.2) is 32.6 Å². The van der Waals surface area contributed by atoms with Crippen molar-refractivity contribution in [3.8, 4) is 0 Å². The molecule has 3 aromatic rings. The third-order valence-electron chi connectivity index (χ3n) is 4.50. The van der Waals surface area contributed by atoms with E-state index in [1.165, 1.54) is 11.3 Å². The van der Waals surface area contributed by atoms with E-state index in [1.54, 1.807) is 17.5 Å². The first kappa shape index (κ1) is 16.7. The van der Waals surface area contributed by atoms with Gasteiger partial charge in [-0.3, -0.25) is 9.89 Å². The minimum absolute atomic E-state index is 0.131. The van der Waals surface area contributed by atoms with Crippen LogP contribution in [-0.2, 0) is 25.9 Å². The number of aromatic nitrogens is 4. The fraction of sp³-hybridized carbons (Fsp3) is 0.333. The molecular weight excluding hydrogens is 348 g/mol. The molecule has 0 fully saturated rings. The molecule has 0 saturated carbocycles. The van der Waals surface area contributed by atoms with Crippen molar-refractivity contribution < 1.29 is 4.79 Å². The van der Waals surface area contributed by atoms with Crippen LogP contribution in [0.2, 0.25) is 0 Å². The second kappa shape index (κ2) is 7.25. The van der Waals surface area contributed by atoms with E-state index < -0.39 is 0 Å². The molecule has 1 aliphatic heterocycles. The van der Waals surface area contributed by atoms with Crippen LogP contribution < -0.4 is 10.2 Å². The number of carbonyl (C=O) groups excluding carboxylic acids is 1. The Labute approximate surface area is 155 Å². The molecule has 2 N–H and O–H groups in total. The molecule has 4 rings (SSSR count). The van der Waals surface area contributed by atoms with Crippen LogP contribution in [0.5, 0.6) is 0 Å². The zero-order chi connectivity index (χ0) is 17.9. The molecule has 1 amide bonds. The Kier molecular flexibility index (Phi) is 4.66. The molecule has 1 aliphatic rings. The summed E-state index contributed by atoms with van der Waals surface area (Å²) < 4.78 is 0. The number of anilines is 1. The molecule has 0 bridgehead atoms. The molecule has 134 valence electrons. The largest absolute Gasteiger partial charge is 0.352 e. The number of aromatic amines is 1. The summed E-state index contributed by atoms with van der Waals surface area (Å²) in [6.45, 7) is 4.19. The van der Waals surface area contributed by atoms with Crippen molar-refractivity contribution in [1.29, 1.82) is 0 Å². The molecule has 0 atom stereocenters. The van der Waals surface area contributed by atoms with E-state index in [1.807, 2.05) is 23.7 Å². The Morgan fingerprint density at radius 2 is 2.31 bits per heavy atom. The summed E-state index contributed by atoms with van der Waals surface area (Å²) >= 11 is 1.57. The number of nitrogens with one attached hydrogen (secondary N) is 2. The molecule has 0 unspecified atom stereocenters. The molecular formula is C18H20N6OS. The maximum Gasteiger partial charge on any atom is 0.253 e. The van der Waals surface area contributed by atoms with Gasteiger partial charge in [0, 0.05) is 42.3 Å². The van der Waals surface area contributed by atoms with Gasteiger partial charge in [-0.2, -0.15) is 5.10 Å². The Hall–Kier alpha value is -2.74. The van der Waals surface area contributed by atoms with E-state index in [0.29, 0.717) is 12.1 Å². The number of H-pyrrole nitrogens is 1. The highest BCUT2D eigenvalue weighted by Gasteiger charge is 2.19. The quantitative estimate of drug-likeness (QED) is 0.722. The van der Waals surface area contributed by atoms with Crippen molar-refractivity contribution >= 4 is 23.1 Å². The number of thiazole rings is 1. The molecule has 8 heteroatoms. The lowest BCUT2D eigenvalue weighted by Gasteiger charge is -2.27. The van der Waals surface area contributed by atoms with Crippen LogP contribution in [0.15, 0.2) is 29.9 Å². The zero-order valence-electron chi connectivity index (χ0n) is 14.5. The van der Waals surface area contributed by atoms with Crippen molar-refractivity contribution in [2.75, 3.05) is 11.4 Å². The maximum absolute atomic E-state index is 12.3. The molecule has 0 spiro atoms. The minimum atomic E-state index is -0.131. The number of fused-ring (bicyclic) bond motifs is 1. The Balaban J connectivity index is 1.37. The van der Waals surface area contributed by atoms with Gasteiger partial charge in [0.1, 0.15) is 10.8 Å². The highest BCUT2D eigenvalue weighted by molar-refractivity contribution is 7.09. The van der Waals surface area contributed by atoms with E-state index in [0.717, 1.165) is 42.5 Å². The zero-order valence-corrected chi connectivity index (χ0v) is 15.3. The monoisotopic (exact) mass is 368 g/mol. The Morgan fingerprint density at radius 3 is 3.08 bits per heavy atom. The van der Waals surface area contributed by atoms with Crippen molar-refractivity contribution in [3.05, 3.63) is 57.4 Å². The van der Waals surface area contributed by atoms with Crippen LogP contribution >= 0.6 is 11.3 Å². The predicted molar refractivity (Wildman–Crippen MR) is 100 cm³/mol. The van der Waals surface area contributed by atoms with E-state index in [-0.39, 0.29) is 5.91 Å². The van der Waals surface area contributed by atoms with Gasteiger partial charge in [-0.05, 0) is 18.6 Å². The summed E-state index contributed by atoms with van der Waals surface area (Å²) in [5.41, 5.74) is 4.02. The summed E-state index contributed by atoms with van der Waals surface area (Å²) in [4.78, 5) is 23.4. The van der Waals surface area contributed by atoms with Gasteiger partial charge in [0.15, 0.2) is 0 Å². The Bertz CT molecular complexity index is 901. The highest BCUT2D eigenvalue weighted by Crippen LogP contribution is 2.21. The average molecular weight is 368 g/mol. The molecule has 0 aromatic carbocycles. The maximum atomic E-state index is 12.3. The molecule has 0 saturated heterocycles. The van der Waals surface area contributed by atoms with Crippen molar-refractivity contribution in [3.63, 3.8) is 0 Å². The average Bonchev–Trinajstić information content (AvgIpc) is 3.34. The number of aryl methyl sites for hydroxylation is 1. The van der Waals surface area contributed by atoms with Gasteiger partial charge in [-0.1, -0.05) is 6.92 Å². The fourth-order valence-electron chi connectivity index (χ4n) is 2.98. The second-order valence-electron chi connectivity index (χ2n) is 6.22. The first-order valence-electron chi connectivity index (χ1n) is 8.66. The smallest absolute Gasteiger partial charge is 0.253 e. The predicted octanol–water partition coefficient (Wildman–Crippen LogP) is 2.32. The number of carbonyl (C=O) groups is 1. The Morgan fingerprint density at radius 1 is 1.38 bits per heavy atom. The van der Waals surface area contributed by atoms with Crippen molar-refractivity contribution in [2.45, 2.75) is 32.9 Å². The topological polar surface area (TPSA) is 86.8 Å². The van der Waals surface area contributed by atoms with Crippen LogP contribution in [0, 0.1) is 0 Å². The fourth-order valence-corrected chi connectivity index (χ4v) is 3.79. The lowest BCUT2D eigenvalue weighted by atomic mass is 10.1. The number of nitrogens with zero attached hydrogens (tertiary/aromatic N) is 4. The van der Waals surface area contributed by atoms with Gasteiger partial charge in [0.05, 0.1) is 24.0 Å². The van der Waals surface area contributed by atoms with Gasteiger partial charge in [0.2, 0.25) is 0 Å². The van der Waals surface area contributed by atoms with Crippen LogP contribution in [0.4, 0.5) is 5.82 Å². The molecule has 0 aliphatic carbocycles. The standard InChI is InChI=1S/C18H20N6OS/c1-2-14-11-26-17(22-14)9-20-18(25)12-3-4-16(19-7-12)24-6-5-15-13(10-24)8-21-23-15/h3-4,7-8,11H,2,5-6,9-10H2,1H3,(H,20,25)(H,21,23). The lowest BCUT2D eigenvalue weighted by Crippen LogP contribution is -2.30. The van der Waals surface area contributed by atoms with E-state index >= 15 is 0 Å². The van der Waals surface area contributed by atoms with Gasteiger partial charge < -0.3 is 10.2 Å². The summed E-state index contributed by atoms with van der Waals surface area (Å²) in [5.74, 6) is 0.744. The summed E-state index contributed by atoms with van der Waals surface area (Å²) in [7, 11) is 0. The van der Waals surface area contributed by atoms with Gasteiger partial charge in [0.25, 0.3) is 5.91 Å². The van der Waals surface area contributed by atoms with E-state index in [9.17, 15) is 4.79 Å². The van der Waals surface area contributed by atoms with E-state index in [2.05, 4.69) is 37.3 Å². The second-order valence-corrected chi connectivity index (χ2v) is 7.16. The summed E-state index contributed by atoms with van der Waals surface area (Å²) in [5, 5.41) is 13.0. The molecule has 0 radical (unpaired) electrons. The minimum Gasteiger partial charge on any atom is -0.352 e. The third-order valence-corrected chi connectivity index (χ3v) is 5.39. The third kappa shape index (κ3) is 3.45. The van der Waals surface area contributed by atoms with Gasteiger partial charge in [-0.25, -0.2) is 9.97 Å².